The van der Waals surface area contributed by atoms with Crippen LogP contribution in [0.1, 0.15) is 38.7 Å². The van der Waals surface area contributed by atoms with Gasteiger partial charge in [-0.2, -0.15) is 0 Å². The molecule has 0 radical (unpaired) electrons. The van der Waals surface area contributed by atoms with Crippen molar-refractivity contribution in [3.63, 3.8) is 0 Å². The van der Waals surface area contributed by atoms with Gasteiger partial charge < -0.3 is 15.0 Å². The summed E-state index contributed by atoms with van der Waals surface area (Å²) in [6.45, 7) is 5.87. The lowest BCUT2D eigenvalue weighted by Crippen LogP contribution is -2.45. The van der Waals surface area contributed by atoms with Gasteiger partial charge in [0.2, 0.25) is 5.91 Å². The van der Waals surface area contributed by atoms with Gasteiger partial charge in [-0.25, -0.2) is 4.79 Å². The first kappa shape index (κ1) is 17.9. The third-order valence-corrected chi connectivity index (χ3v) is 3.81. The predicted molar refractivity (Wildman–Crippen MR) is 83.7 cm³/mol. The molecule has 2 unspecified atom stereocenters. The van der Waals surface area contributed by atoms with Crippen LogP contribution in [0.15, 0.2) is 23.1 Å². The molecule has 2 N–H and O–H groups in total. The van der Waals surface area contributed by atoms with Crippen LogP contribution in [0.4, 0.5) is 0 Å². The third-order valence-electron chi connectivity index (χ3n) is 3.81. The van der Waals surface area contributed by atoms with Crippen LogP contribution in [0.5, 0.6) is 0 Å². The summed E-state index contributed by atoms with van der Waals surface area (Å²) in [5, 5.41) is 11.7. The quantitative estimate of drug-likeness (QED) is 0.762. The average molecular weight is 308 g/mol. The first-order valence-electron chi connectivity index (χ1n) is 7.55. The highest BCUT2D eigenvalue weighted by Crippen LogP contribution is 2.08. The van der Waals surface area contributed by atoms with Crippen LogP contribution >= 0.6 is 0 Å². The summed E-state index contributed by atoms with van der Waals surface area (Å²) >= 11 is 0. The molecule has 1 amide bonds. The summed E-state index contributed by atoms with van der Waals surface area (Å²) in [4.78, 5) is 34.8. The molecular formula is C16H24N2O4. The number of hydrogen-bond donors (Lipinski definition) is 2. The lowest BCUT2D eigenvalue weighted by molar-refractivity contribution is -0.143. The number of carbonyl (C=O) groups is 2. The average Bonchev–Trinajstić information content (AvgIpc) is 2.48. The zero-order valence-corrected chi connectivity index (χ0v) is 13.3. The van der Waals surface area contributed by atoms with Gasteiger partial charge in [-0.15, -0.1) is 0 Å². The van der Waals surface area contributed by atoms with Crippen LogP contribution in [0.2, 0.25) is 0 Å². The Hall–Kier alpha value is -2.11. The molecule has 1 heterocycles. The highest BCUT2D eigenvalue weighted by Gasteiger charge is 2.24. The predicted octanol–water partition coefficient (Wildman–Crippen LogP) is 1.55. The van der Waals surface area contributed by atoms with Gasteiger partial charge in [0.05, 0.1) is 0 Å². The second-order valence-corrected chi connectivity index (χ2v) is 5.56. The summed E-state index contributed by atoms with van der Waals surface area (Å²) in [7, 11) is 0. The fraction of sp³-hybridized carbons (Fsp3) is 0.562. The molecule has 22 heavy (non-hydrogen) atoms. The number of aryl methyl sites for hydroxylation is 2. The lowest BCUT2D eigenvalue weighted by atomic mass is 9.99. The number of nitrogens with zero attached hydrogens (tertiary/aromatic N) is 1. The first-order chi connectivity index (χ1) is 10.4. The van der Waals surface area contributed by atoms with E-state index in [1.807, 2.05) is 6.92 Å². The second-order valence-electron chi connectivity index (χ2n) is 5.56. The topological polar surface area (TPSA) is 88.4 Å². The van der Waals surface area contributed by atoms with Gasteiger partial charge in [-0.05, 0) is 25.3 Å². The van der Waals surface area contributed by atoms with Gasteiger partial charge in [0.15, 0.2) is 0 Å². The molecule has 6 heteroatoms. The van der Waals surface area contributed by atoms with Crippen molar-refractivity contribution in [2.75, 3.05) is 0 Å². The monoisotopic (exact) mass is 308 g/mol. The van der Waals surface area contributed by atoms with Crippen LogP contribution < -0.4 is 10.9 Å². The molecular weight excluding hydrogens is 284 g/mol. The summed E-state index contributed by atoms with van der Waals surface area (Å²) < 4.78 is 1.56. The van der Waals surface area contributed by atoms with Crippen LogP contribution in [-0.4, -0.2) is 27.6 Å². The zero-order valence-electron chi connectivity index (χ0n) is 13.3. The Morgan fingerprint density at radius 3 is 2.68 bits per heavy atom. The van der Waals surface area contributed by atoms with Crippen molar-refractivity contribution in [1.82, 2.24) is 9.88 Å². The molecule has 122 valence electrons. The normalized spacial score (nSPS) is 13.4. The minimum atomic E-state index is -1.02. The SMILES string of the molecule is CCC(C)C(NC(=O)CCCn1cccc(C)c1=O)C(=O)O. The van der Waals surface area contributed by atoms with Crippen molar-refractivity contribution in [3.8, 4) is 0 Å². The molecule has 6 nitrogen and oxygen atoms in total. The van der Waals surface area contributed by atoms with E-state index in [4.69, 9.17) is 5.11 Å². The van der Waals surface area contributed by atoms with Crippen molar-refractivity contribution < 1.29 is 14.7 Å². The molecule has 0 aliphatic carbocycles. The van der Waals surface area contributed by atoms with E-state index in [9.17, 15) is 14.4 Å². The Labute approximate surface area is 130 Å². The molecule has 1 aromatic rings. The van der Waals surface area contributed by atoms with E-state index in [0.29, 0.717) is 24.9 Å². The molecule has 2 atom stereocenters. The number of pyridine rings is 1. The highest BCUT2D eigenvalue weighted by molar-refractivity contribution is 5.83. The van der Waals surface area contributed by atoms with Gasteiger partial charge >= 0.3 is 5.97 Å². The molecule has 0 aromatic carbocycles. The molecule has 0 aliphatic rings. The fourth-order valence-electron chi connectivity index (χ4n) is 2.17. The van der Waals surface area contributed by atoms with E-state index in [1.54, 1.807) is 36.7 Å². The van der Waals surface area contributed by atoms with Crippen LogP contribution in [-0.2, 0) is 16.1 Å². The van der Waals surface area contributed by atoms with E-state index in [0.717, 1.165) is 0 Å². The summed E-state index contributed by atoms with van der Waals surface area (Å²) in [6, 6.07) is 2.68. The number of aliphatic carboxylic acids is 1. The molecule has 1 rings (SSSR count). The molecule has 0 bridgehead atoms. The third kappa shape index (κ3) is 5.02. The van der Waals surface area contributed by atoms with Crippen molar-refractivity contribution in [2.45, 2.75) is 52.6 Å². The number of carboxylic acids is 1. The van der Waals surface area contributed by atoms with E-state index in [1.165, 1.54) is 0 Å². The largest absolute Gasteiger partial charge is 0.480 e. The van der Waals surface area contributed by atoms with E-state index in [-0.39, 0.29) is 23.8 Å². The number of amides is 1. The number of carbonyl (C=O) groups excluding carboxylic acids is 1. The van der Waals surface area contributed by atoms with Gasteiger partial charge in [0.25, 0.3) is 5.56 Å². The number of nitrogens with one attached hydrogen (secondary N) is 1. The number of rotatable bonds is 8. The number of aromatic nitrogens is 1. The van der Waals surface area contributed by atoms with Gasteiger partial charge in [-0.3, -0.25) is 9.59 Å². The first-order valence-corrected chi connectivity index (χ1v) is 7.55. The van der Waals surface area contributed by atoms with Crippen LogP contribution in [0, 0.1) is 12.8 Å². The van der Waals surface area contributed by atoms with E-state index < -0.39 is 12.0 Å². The minimum Gasteiger partial charge on any atom is -0.480 e. The van der Waals surface area contributed by atoms with E-state index >= 15 is 0 Å². The van der Waals surface area contributed by atoms with E-state index in [2.05, 4.69) is 5.32 Å². The Morgan fingerprint density at radius 2 is 2.09 bits per heavy atom. The molecule has 0 fully saturated rings. The minimum absolute atomic E-state index is 0.0640. The van der Waals surface area contributed by atoms with Crippen LogP contribution in [0.25, 0.3) is 0 Å². The Bertz CT molecular complexity index is 580. The maximum absolute atomic E-state index is 11.9. The highest BCUT2D eigenvalue weighted by atomic mass is 16.4. The van der Waals surface area contributed by atoms with Crippen molar-refractivity contribution >= 4 is 11.9 Å². The molecule has 1 aromatic heterocycles. The second kappa shape index (κ2) is 8.36. The smallest absolute Gasteiger partial charge is 0.326 e. The lowest BCUT2D eigenvalue weighted by Gasteiger charge is -2.20. The Balaban J connectivity index is 2.51. The number of hydrogen-bond acceptors (Lipinski definition) is 3. The molecule has 0 saturated heterocycles. The maximum Gasteiger partial charge on any atom is 0.326 e. The number of carboxylic acid groups (broad SMARTS) is 1. The molecule has 0 saturated carbocycles. The Morgan fingerprint density at radius 1 is 1.41 bits per heavy atom. The molecule has 0 spiro atoms. The summed E-state index contributed by atoms with van der Waals surface area (Å²) in [5.41, 5.74) is 0.598. The summed E-state index contributed by atoms with van der Waals surface area (Å²) in [6.07, 6.45) is 3.05. The van der Waals surface area contributed by atoms with Gasteiger partial charge in [-0.1, -0.05) is 26.3 Å². The molecule has 0 aliphatic heterocycles. The van der Waals surface area contributed by atoms with Crippen molar-refractivity contribution in [3.05, 3.63) is 34.2 Å². The van der Waals surface area contributed by atoms with Crippen molar-refractivity contribution in [1.29, 1.82) is 0 Å². The maximum atomic E-state index is 11.9. The van der Waals surface area contributed by atoms with Crippen LogP contribution in [0.3, 0.4) is 0 Å². The van der Waals surface area contributed by atoms with Crippen molar-refractivity contribution in [2.24, 2.45) is 5.92 Å². The van der Waals surface area contributed by atoms with Gasteiger partial charge in [0.1, 0.15) is 6.04 Å². The Kier molecular flexibility index (Phi) is 6.82. The standard InChI is InChI=1S/C16H24N2O4/c1-4-11(2)14(16(21)22)17-13(19)8-6-10-18-9-5-7-12(3)15(18)20/h5,7,9,11,14H,4,6,8,10H2,1-3H3,(H,17,19)(H,21,22). The van der Waals surface area contributed by atoms with Gasteiger partial charge in [0, 0.05) is 24.7 Å². The zero-order chi connectivity index (χ0) is 16.7. The summed E-state index contributed by atoms with van der Waals surface area (Å²) in [5.74, 6) is -1.44. The fourth-order valence-corrected chi connectivity index (χ4v) is 2.17.